The zero-order chi connectivity index (χ0) is 11.7. The van der Waals surface area contributed by atoms with Crippen LogP contribution in [0.1, 0.15) is 12.8 Å². The highest BCUT2D eigenvalue weighted by atomic mass is 35.5. The number of nitrogens with one attached hydrogen (secondary N) is 1. The summed E-state index contributed by atoms with van der Waals surface area (Å²) in [6.45, 7) is 3.25. The summed E-state index contributed by atoms with van der Waals surface area (Å²) in [5.41, 5.74) is 1.82. The molecular formula is C12H15ClN4. The van der Waals surface area contributed by atoms with Gasteiger partial charge in [0, 0.05) is 12.7 Å². The Balaban J connectivity index is 1.84. The first kappa shape index (κ1) is 11.0. The Morgan fingerprint density at radius 3 is 3.00 bits per heavy atom. The van der Waals surface area contributed by atoms with Gasteiger partial charge in [-0.05, 0) is 37.9 Å². The van der Waals surface area contributed by atoms with E-state index in [4.69, 9.17) is 11.6 Å². The molecule has 2 aromatic heterocycles. The van der Waals surface area contributed by atoms with Crippen LogP contribution in [0.5, 0.6) is 0 Å². The van der Waals surface area contributed by atoms with Crippen LogP contribution >= 0.6 is 11.6 Å². The summed E-state index contributed by atoms with van der Waals surface area (Å²) in [5, 5.41) is 4.02. The highest BCUT2D eigenvalue weighted by Gasteiger charge is 2.15. The molecule has 0 amide bonds. The van der Waals surface area contributed by atoms with Crippen molar-refractivity contribution in [1.82, 2.24) is 19.9 Å². The topological polar surface area (TPSA) is 42.7 Å². The molecule has 0 radical (unpaired) electrons. The smallest absolute Gasteiger partial charge is 0.159 e. The molecule has 1 fully saturated rings. The van der Waals surface area contributed by atoms with Crippen LogP contribution in [0.4, 0.5) is 0 Å². The van der Waals surface area contributed by atoms with Gasteiger partial charge >= 0.3 is 0 Å². The van der Waals surface area contributed by atoms with Crippen LogP contribution in [0, 0.1) is 5.92 Å². The maximum absolute atomic E-state index is 5.90. The summed E-state index contributed by atoms with van der Waals surface area (Å²) in [4.78, 5) is 8.70. The summed E-state index contributed by atoms with van der Waals surface area (Å²) in [6.07, 6.45) is 6.01. The number of fused-ring (bicyclic) bond motifs is 1. The Morgan fingerprint density at radius 2 is 2.18 bits per heavy atom. The number of imidazole rings is 1. The Morgan fingerprint density at radius 1 is 1.35 bits per heavy atom. The predicted octanol–water partition coefficient (Wildman–Crippen LogP) is 2.08. The second-order valence-corrected chi connectivity index (χ2v) is 5.02. The van der Waals surface area contributed by atoms with E-state index in [2.05, 4.69) is 19.9 Å². The summed E-state index contributed by atoms with van der Waals surface area (Å²) >= 11 is 5.90. The lowest BCUT2D eigenvalue weighted by molar-refractivity contribution is 0.336. The lowest BCUT2D eigenvalue weighted by Gasteiger charge is -2.22. The fraction of sp³-hybridized carbons (Fsp3) is 0.500. The van der Waals surface area contributed by atoms with Gasteiger partial charge in [0.25, 0.3) is 0 Å². The molecule has 2 aromatic rings. The average Bonchev–Trinajstić information content (AvgIpc) is 2.73. The van der Waals surface area contributed by atoms with Crippen LogP contribution in [0.15, 0.2) is 18.6 Å². The molecule has 5 heteroatoms. The molecule has 0 bridgehead atoms. The Bertz CT molecular complexity index is 516. The van der Waals surface area contributed by atoms with Crippen LogP contribution < -0.4 is 5.32 Å². The van der Waals surface area contributed by atoms with Crippen LogP contribution in [-0.4, -0.2) is 27.6 Å². The molecule has 0 atom stereocenters. The number of rotatable bonds is 2. The normalized spacial score (nSPS) is 17.7. The van der Waals surface area contributed by atoms with E-state index < -0.39 is 0 Å². The number of hydrogen-bond acceptors (Lipinski definition) is 3. The number of hydrogen-bond donors (Lipinski definition) is 1. The molecular weight excluding hydrogens is 236 g/mol. The number of piperidine rings is 1. The monoisotopic (exact) mass is 250 g/mol. The Labute approximate surface area is 105 Å². The van der Waals surface area contributed by atoms with E-state index in [1.54, 1.807) is 6.20 Å². The van der Waals surface area contributed by atoms with Crippen LogP contribution in [0.3, 0.4) is 0 Å². The third kappa shape index (κ3) is 2.28. The zero-order valence-electron chi connectivity index (χ0n) is 9.56. The third-order valence-corrected chi connectivity index (χ3v) is 3.54. The predicted molar refractivity (Wildman–Crippen MR) is 68.1 cm³/mol. The van der Waals surface area contributed by atoms with Gasteiger partial charge in [0.15, 0.2) is 5.65 Å². The van der Waals surface area contributed by atoms with Gasteiger partial charge in [0.2, 0.25) is 0 Å². The molecule has 0 aliphatic carbocycles. The first-order valence-corrected chi connectivity index (χ1v) is 6.38. The maximum Gasteiger partial charge on any atom is 0.159 e. The summed E-state index contributed by atoms with van der Waals surface area (Å²) in [7, 11) is 0. The van der Waals surface area contributed by atoms with E-state index in [-0.39, 0.29) is 0 Å². The molecule has 0 aromatic carbocycles. The lowest BCUT2D eigenvalue weighted by Crippen LogP contribution is -2.29. The van der Waals surface area contributed by atoms with Crippen molar-refractivity contribution in [3.63, 3.8) is 0 Å². The van der Waals surface area contributed by atoms with Crippen molar-refractivity contribution < 1.29 is 0 Å². The average molecular weight is 251 g/mol. The number of nitrogens with zero attached hydrogens (tertiary/aromatic N) is 3. The van der Waals surface area contributed by atoms with Crippen molar-refractivity contribution in [1.29, 1.82) is 0 Å². The van der Waals surface area contributed by atoms with Gasteiger partial charge in [-0.2, -0.15) is 0 Å². The standard InChI is InChI=1S/C12H15ClN4/c13-10-5-11-12(15-6-10)17(8-16-11)7-9-1-3-14-4-2-9/h5-6,8-9,14H,1-4,7H2. The first-order valence-electron chi connectivity index (χ1n) is 6.00. The third-order valence-electron chi connectivity index (χ3n) is 3.34. The highest BCUT2D eigenvalue weighted by Crippen LogP contribution is 2.19. The van der Waals surface area contributed by atoms with Crippen LogP contribution in [0.25, 0.3) is 11.2 Å². The van der Waals surface area contributed by atoms with E-state index >= 15 is 0 Å². The molecule has 1 aliphatic rings. The summed E-state index contributed by atoms with van der Waals surface area (Å²) in [6, 6.07) is 1.86. The van der Waals surface area contributed by atoms with Gasteiger partial charge in [-0.1, -0.05) is 11.6 Å². The largest absolute Gasteiger partial charge is 0.317 e. The molecule has 17 heavy (non-hydrogen) atoms. The molecule has 90 valence electrons. The van der Waals surface area contributed by atoms with Crippen molar-refractivity contribution in [3.05, 3.63) is 23.6 Å². The van der Waals surface area contributed by atoms with E-state index in [0.29, 0.717) is 5.02 Å². The molecule has 4 nitrogen and oxygen atoms in total. The first-order chi connectivity index (χ1) is 8.33. The molecule has 0 saturated carbocycles. The number of pyridine rings is 1. The van der Waals surface area contributed by atoms with Gasteiger partial charge < -0.3 is 9.88 Å². The minimum Gasteiger partial charge on any atom is -0.317 e. The maximum atomic E-state index is 5.90. The SMILES string of the molecule is Clc1cnc2c(c1)ncn2CC1CCNCC1. The van der Waals surface area contributed by atoms with Gasteiger partial charge in [-0.25, -0.2) is 9.97 Å². The Kier molecular flexibility index (Phi) is 2.99. The van der Waals surface area contributed by atoms with E-state index in [0.717, 1.165) is 36.7 Å². The van der Waals surface area contributed by atoms with Gasteiger partial charge in [-0.3, -0.25) is 0 Å². The van der Waals surface area contributed by atoms with Crippen LogP contribution in [-0.2, 0) is 6.54 Å². The highest BCUT2D eigenvalue weighted by molar-refractivity contribution is 6.30. The molecule has 0 unspecified atom stereocenters. The minimum atomic E-state index is 0.643. The fourth-order valence-electron chi connectivity index (χ4n) is 2.40. The Hall–Kier alpha value is -1.13. The fourth-order valence-corrected chi connectivity index (χ4v) is 2.55. The molecule has 1 aliphatic heterocycles. The van der Waals surface area contributed by atoms with E-state index in [1.807, 2.05) is 12.4 Å². The molecule has 1 saturated heterocycles. The zero-order valence-corrected chi connectivity index (χ0v) is 10.3. The number of aromatic nitrogens is 3. The second kappa shape index (κ2) is 4.63. The molecule has 3 heterocycles. The van der Waals surface area contributed by atoms with Gasteiger partial charge in [-0.15, -0.1) is 0 Å². The van der Waals surface area contributed by atoms with Gasteiger partial charge in [0.05, 0.1) is 11.3 Å². The molecule has 3 rings (SSSR count). The minimum absolute atomic E-state index is 0.643. The van der Waals surface area contributed by atoms with Crippen molar-refractivity contribution in [3.8, 4) is 0 Å². The lowest BCUT2D eigenvalue weighted by atomic mass is 9.98. The van der Waals surface area contributed by atoms with Crippen molar-refractivity contribution in [2.45, 2.75) is 19.4 Å². The summed E-state index contributed by atoms with van der Waals surface area (Å²) in [5.74, 6) is 0.728. The number of halogens is 1. The van der Waals surface area contributed by atoms with Crippen molar-refractivity contribution >= 4 is 22.8 Å². The quantitative estimate of drug-likeness (QED) is 0.888. The van der Waals surface area contributed by atoms with Gasteiger partial charge in [0.1, 0.15) is 5.52 Å². The van der Waals surface area contributed by atoms with Crippen molar-refractivity contribution in [2.24, 2.45) is 5.92 Å². The van der Waals surface area contributed by atoms with Crippen LogP contribution in [0.2, 0.25) is 5.02 Å². The van der Waals surface area contributed by atoms with Crippen molar-refractivity contribution in [2.75, 3.05) is 13.1 Å². The van der Waals surface area contributed by atoms with E-state index in [9.17, 15) is 0 Å². The molecule has 0 spiro atoms. The second-order valence-electron chi connectivity index (χ2n) is 4.59. The van der Waals surface area contributed by atoms with E-state index in [1.165, 1.54) is 12.8 Å². The summed E-state index contributed by atoms with van der Waals surface area (Å²) < 4.78 is 2.14. The molecule has 1 N–H and O–H groups in total.